The highest BCUT2D eigenvalue weighted by Crippen LogP contribution is 2.28. The van der Waals surface area contributed by atoms with Crippen molar-refractivity contribution < 1.29 is 4.74 Å². The number of aliphatic imine (C=N–C) groups is 1. The number of hydrogen-bond donors (Lipinski definition) is 2. The van der Waals surface area contributed by atoms with E-state index in [9.17, 15) is 0 Å². The van der Waals surface area contributed by atoms with Gasteiger partial charge in [0.05, 0.1) is 25.8 Å². The topological polar surface area (TPSA) is 48.9 Å². The molecule has 0 radical (unpaired) electrons. The molecule has 2 N–H and O–H groups in total. The summed E-state index contributed by atoms with van der Waals surface area (Å²) in [4.78, 5) is 10.0. The van der Waals surface area contributed by atoms with Crippen molar-refractivity contribution in [3.63, 3.8) is 0 Å². The zero-order chi connectivity index (χ0) is 15.8. The first kappa shape index (κ1) is 17.2. The molecule has 2 heterocycles. The molecule has 1 aliphatic rings. The van der Waals surface area contributed by atoms with Crippen molar-refractivity contribution in [1.29, 1.82) is 0 Å². The first-order chi connectivity index (χ1) is 10.7. The molecule has 0 bridgehead atoms. The smallest absolute Gasteiger partial charge is 0.191 e. The second-order valence-electron chi connectivity index (χ2n) is 5.36. The van der Waals surface area contributed by atoms with Crippen molar-refractivity contribution >= 4 is 17.3 Å². The number of guanidine groups is 1. The molecule has 1 aromatic heterocycles. The van der Waals surface area contributed by atoms with Gasteiger partial charge in [0.2, 0.25) is 0 Å². The van der Waals surface area contributed by atoms with Gasteiger partial charge in [-0.25, -0.2) is 0 Å². The van der Waals surface area contributed by atoms with E-state index in [0.717, 1.165) is 51.9 Å². The normalized spacial score (nSPS) is 17.0. The molecule has 1 aromatic rings. The van der Waals surface area contributed by atoms with E-state index >= 15 is 0 Å². The van der Waals surface area contributed by atoms with Crippen molar-refractivity contribution in [2.75, 3.05) is 45.9 Å². The summed E-state index contributed by atoms with van der Waals surface area (Å²) >= 11 is 1.88. The molecule has 124 valence electrons. The molecule has 1 aliphatic heterocycles. The van der Waals surface area contributed by atoms with Gasteiger partial charge in [0.15, 0.2) is 5.96 Å². The van der Waals surface area contributed by atoms with Crippen LogP contribution in [0.2, 0.25) is 0 Å². The third-order valence-corrected chi connectivity index (χ3v) is 4.79. The van der Waals surface area contributed by atoms with E-state index in [2.05, 4.69) is 48.4 Å². The second-order valence-corrected chi connectivity index (χ2v) is 6.68. The minimum absolute atomic E-state index is 0.343. The van der Waals surface area contributed by atoms with Gasteiger partial charge in [0, 0.05) is 35.9 Å². The number of rotatable bonds is 6. The highest BCUT2D eigenvalue weighted by atomic mass is 32.1. The molecule has 0 spiro atoms. The summed E-state index contributed by atoms with van der Waals surface area (Å²) in [5.74, 6) is 0.900. The third-order valence-electron chi connectivity index (χ3n) is 3.69. The average molecular weight is 324 g/mol. The van der Waals surface area contributed by atoms with Gasteiger partial charge >= 0.3 is 0 Å². The third kappa shape index (κ3) is 4.97. The van der Waals surface area contributed by atoms with Crippen LogP contribution in [0.1, 0.15) is 29.6 Å². The maximum Gasteiger partial charge on any atom is 0.191 e. The van der Waals surface area contributed by atoms with Crippen LogP contribution in [-0.4, -0.2) is 56.8 Å². The van der Waals surface area contributed by atoms with Gasteiger partial charge in [0.1, 0.15) is 0 Å². The summed E-state index contributed by atoms with van der Waals surface area (Å²) in [6.45, 7) is 12.5. The zero-order valence-corrected chi connectivity index (χ0v) is 14.7. The standard InChI is InChI=1S/C16H28N4OS/c1-4-17-16(18-5-2)19-12-14(15-7-6-13(3)22-15)20-8-10-21-11-9-20/h6-7,14H,4-5,8-12H2,1-3H3,(H2,17,18,19). The quantitative estimate of drug-likeness (QED) is 0.621. The molecule has 6 heteroatoms. The highest BCUT2D eigenvalue weighted by Gasteiger charge is 2.23. The van der Waals surface area contributed by atoms with Crippen molar-refractivity contribution in [2.24, 2.45) is 4.99 Å². The molecule has 0 amide bonds. The monoisotopic (exact) mass is 324 g/mol. The Balaban J connectivity index is 2.11. The summed E-state index contributed by atoms with van der Waals surface area (Å²) in [6, 6.07) is 4.79. The van der Waals surface area contributed by atoms with Crippen LogP contribution in [0.15, 0.2) is 17.1 Å². The molecule has 0 aromatic carbocycles. The molecule has 5 nitrogen and oxygen atoms in total. The lowest BCUT2D eigenvalue weighted by Gasteiger charge is -2.33. The van der Waals surface area contributed by atoms with Gasteiger partial charge in [-0.2, -0.15) is 0 Å². The molecule has 2 rings (SSSR count). The first-order valence-corrected chi connectivity index (χ1v) is 8.96. The number of morpholine rings is 1. The first-order valence-electron chi connectivity index (χ1n) is 8.15. The number of nitrogens with one attached hydrogen (secondary N) is 2. The van der Waals surface area contributed by atoms with Crippen LogP contribution in [-0.2, 0) is 4.74 Å². The van der Waals surface area contributed by atoms with E-state index in [4.69, 9.17) is 9.73 Å². The Labute approximate surface area is 137 Å². The summed E-state index contributed by atoms with van der Waals surface area (Å²) in [5, 5.41) is 6.60. The van der Waals surface area contributed by atoms with Crippen molar-refractivity contribution in [3.8, 4) is 0 Å². The van der Waals surface area contributed by atoms with Gasteiger partial charge in [-0.05, 0) is 32.9 Å². The van der Waals surface area contributed by atoms with E-state index < -0.39 is 0 Å². The number of ether oxygens (including phenoxy) is 1. The largest absolute Gasteiger partial charge is 0.379 e. The Kier molecular flexibility index (Phi) is 7.15. The van der Waals surface area contributed by atoms with E-state index in [1.807, 2.05) is 11.3 Å². The van der Waals surface area contributed by atoms with E-state index in [1.54, 1.807) is 0 Å². The lowest BCUT2D eigenvalue weighted by Crippen LogP contribution is -2.41. The lowest BCUT2D eigenvalue weighted by atomic mass is 10.2. The maximum atomic E-state index is 5.49. The summed E-state index contributed by atoms with van der Waals surface area (Å²) in [6.07, 6.45) is 0. The minimum Gasteiger partial charge on any atom is -0.379 e. The number of nitrogens with zero attached hydrogens (tertiary/aromatic N) is 2. The maximum absolute atomic E-state index is 5.49. The molecule has 0 aliphatic carbocycles. The molecular formula is C16H28N4OS. The zero-order valence-electron chi connectivity index (χ0n) is 13.9. The van der Waals surface area contributed by atoms with Crippen LogP contribution in [0.25, 0.3) is 0 Å². The number of thiophene rings is 1. The van der Waals surface area contributed by atoms with Crippen molar-refractivity contribution in [2.45, 2.75) is 26.8 Å². The van der Waals surface area contributed by atoms with E-state index in [0.29, 0.717) is 6.04 Å². The fourth-order valence-corrected chi connectivity index (χ4v) is 3.60. The van der Waals surface area contributed by atoms with Gasteiger partial charge < -0.3 is 15.4 Å². The molecule has 1 saturated heterocycles. The van der Waals surface area contributed by atoms with E-state index in [1.165, 1.54) is 9.75 Å². The fraction of sp³-hybridized carbons (Fsp3) is 0.688. The predicted molar refractivity (Wildman–Crippen MR) is 93.8 cm³/mol. The second kappa shape index (κ2) is 9.12. The van der Waals surface area contributed by atoms with Gasteiger partial charge in [0.25, 0.3) is 0 Å². The van der Waals surface area contributed by atoms with E-state index in [-0.39, 0.29) is 0 Å². The molecule has 1 fully saturated rings. The Bertz CT molecular complexity index is 460. The fourth-order valence-electron chi connectivity index (χ4n) is 2.59. The van der Waals surface area contributed by atoms with Gasteiger partial charge in [-0.3, -0.25) is 9.89 Å². The van der Waals surface area contributed by atoms with Crippen LogP contribution in [0.5, 0.6) is 0 Å². The molecule has 0 saturated carbocycles. The molecule has 1 atom stereocenters. The van der Waals surface area contributed by atoms with Crippen LogP contribution >= 0.6 is 11.3 Å². The Morgan fingerprint density at radius 2 is 1.95 bits per heavy atom. The SMILES string of the molecule is CCNC(=NCC(c1ccc(C)s1)N1CCOCC1)NCC. The summed E-state index contributed by atoms with van der Waals surface area (Å²) in [5.41, 5.74) is 0. The molecule has 1 unspecified atom stereocenters. The van der Waals surface area contributed by atoms with Crippen LogP contribution in [0, 0.1) is 6.92 Å². The predicted octanol–water partition coefficient (Wildman–Crippen LogP) is 2.00. The van der Waals surface area contributed by atoms with Crippen LogP contribution in [0.4, 0.5) is 0 Å². The Morgan fingerprint density at radius 1 is 1.27 bits per heavy atom. The Hall–Kier alpha value is -1.11. The lowest BCUT2D eigenvalue weighted by molar-refractivity contribution is 0.0186. The summed E-state index contributed by atoms with van der Waals surface area (Å²) in [7, 11) is 0. The van der Waals surface area contributed by atoms with Crippen molar-refractivity contribution in [1.82, 2.24) is 15.5 Å². The average Bonchev–Trinajstić information content (AvgIpc) is 2.95. The molecular weight excluding hydrogens is 296 g/mol. The van der Waals surface area contributed by atoms with Gasteiger partial charge in [-0.1, -0.05) is 0 Å². The van der Waals surface area contributed by atoms with Crippen LogP contribution in [0.3, 0.4) is 0 Å². The number of aryl methyl sites for hydroxylation is 1. The van der Waals surface area contributed by atoms with Crippen molar-refractivity contribution in [3.05, 3.63) is 21.9 Å². The van der Waals surface area contributed by atoms with Crippen LogP contribution < -0.4 is 10.6 Å². The number of hydrogen-bond acceptors (Lipinski definition) is 4. The van der Waals surface area contributed by atoms with Gasteiger partial charge in [-0.15, -0.1) is 11.3 Å². The summed E-state index contributed by atoms with van der Waals surface area (Å²) < 4.78 is 5.49. The Morgan fingerprint density at radius 3 is 2.50 bits per heavy atom. The molecule has 22 heavy (non-hydrogen) atoms. The highest BCUT2D eigenvalue weighted by molar-refractivity contribution is 7.12. The minimum atomic E-state index is 0.343.